The molecule has 108 valence electrons. The number of nitrogens with two attached hydrogens (primary N) is 1. The highest BCUT2D eigenvalue weighted by molar-refractivity contribution is 7.91. The van der Waals surface area contributed by atoms with Crippen molar-refractivity contribution in [1.29, 1.82) is 0 Å². The lowest BCUT2D eigenvalue weighted by atomic mass is 10.2. The van der Waals surface area contributed by atoms with Crippen LogP contribution < -0.4 is 5.73 Å². The Morgan fingerprint density at radius 2 is 1.95 bits per heavy atom. The van der Waals surface area contributed by atoms with Gasteiger partial charge >= 0.3 is 6.18 Å². The van der Waals surface area contributed by atoms with Crippen molar-refractivity contribution >= 4 is 9.84 Å². The molecule has 19 heavy (non-hydrogen) atoms. The highest BCUT2D eigenvalue weighted by Gasteiger charge is 2.31. The van der Waals surface area contributed by atoms with Crippen LogP contribution in [-0.2, 0) is 16.0 Å². The van der Waals surface area contributed by atoms with Gasteiger partial charge in [-0.2, -0.15) is 13.2 Å². The van der Waals surface area contributed by atoms with Crippen LogP contribution in [0, 0.1) is 0 Å². The van der Waals surface area contributed by atoms with Gasteiger partial charge in [0.25, 0.3) is 0 Å². The van der Waals surface area contributed by atoms with Crippen molar-refractivity contribution in [2.24, 2.45) is 5.73 Å². The fraction of sp³-hybridized carbons (Fsp3) is 0.455. The van der Waals surface area contributed by atoms with Crippen molar-refractivity contribution in [3.05, 3.63) is 29.8 Å². The molecule has 1 aromatic rings. The Hall–Kier alpha value is -1.12. The van der Waals surface area contributed by atoms with Gasteiger partial charge in [0, 0.05) is 12.6 Å². The van der Waals surface area contributed by atoms with Gasteiger partial charge in [0.05, 0.1) is 16.2 Å². The molecule has 0 aliphatic rings. The van der Waals surface area contributed by atoms with Crippen LogP contribution in [-0.4, -0.2) is 31.9 Å². The van der Waals surface area contributed by atoms with Crippen LogP contribution in [0.2, 0.25) is 0 Å². The first-order valence-electron chi connectivity index (χ1n) is 5.43. The van der Waals surface area contributed by atoms with E-state index in [1.807, 2.05) is 0 Å². The Morgan fingerprint density at radius 1 is 1.32 bits per heavy atom. The van der Waals surface area contributed by atoms with Crippen molar-refractivity contribution in [3.63, 3.8) is 0 Å². The molecule has 8 heteroatoms. The smallest absolute Gasteiger partial charge is 0.396 e. The van der Waals surface area contributed by atoms with Gasteiger partial charge in [-0.3, -0.25) is 0 Å². The van der Waals surface area contributed by atoms with E-state index in [1.54, 1.807) is 0 Å². The zero-order chi connectivity index (χ0) is 14.7. The molecule has 0 heterocycles. The summed E-state index contributed by atoms with van der Waals surface area (Å²) in [7, 11) is -3.90. The molecule has 0 aliphatic heterocycles. The molecule has 0 fully saturated rings. The number of alkyl halides is 3. The topological polar surface area (TPSA) is 80.4 Å². The molecule has 1 unspecified atom stereocenters. The number of hydrogen-bond acceptors (Lipinski definition) is 4. The average molecular weight is 297 g/mol. The molecule has 1 rings (SSSR count). The van der Waals surface area contributed by atoms with E-state index in [1.165, 1.54) is 0 Å². The maximum absolute atomic E-state index is 12.5. The Labute approximate surface area is 109 Å². The molecule has 4 nitrogen and oxygen atoms in total. The van der Waals surface area contributed by atoms with E-state index in [0.29, 0.717) is 6.07 Å². The van der Waals surface area contributed by atoms with Crippen LogP contribution in [0.5, 0.6) is 0 Å². The predicted molar refractivity (Wildman–Crippen MR) is 63.2 cm³/mol. The molecule has 1 atom stereocenters. The lowest BCUT2D eigenvalue weighted by Crippen LogP contribution is -2.30. The minimum atomic E-state index is -4.60. The van der Waals surface area contributed by atoms with Gasteiger partial charge in [0.15, 0.2) is 9.84 Å². The van der Waals surface area contributed by atoms with Crippen molar-refractivity contribution < 1.29 is 26.7 Å². The lowest BCUT2D eigenvalue weighted by Gasteiger charge is -2.12. The normalized spacial score (nSPS) is 14.4. The summed E-state index contributed by atoms with van der Waals surface area (Å²) in [4.78, 5) is -0.421. The van der Waals surface area contributed by atoms with E-state index in [-0.39, 0.29) is 13.0 Å². The van der Waals surface area contributed by atoms with E-state index in [2.05, 4.69) is 0 Å². The predicted octanol–water partition coefficient (Wildman–Crippen LogP) is 1.19. The molecule has 0 saturated carbocycles. The van der Waals surface area contributed by atoms with Crippen LogP contribution in [0.1, 0.15) is 12.0 Å². The highest BCUT2D eigenvalue weighted by atomic mass is 32.2. The van der Waals surface area contributed by atoms with Gasteiger partial charge in [-0.15, -0.1) is 0 Å². The number of aliphatic hydroxyl groups is 1. The second kappa shape index (κ2) is 5.89. The van der Waals surface area contributed by atoms with Gasteiger partial charge in [-0.1, -0.05) is 6.07 Å². The van der Waals surface area contributed by atoms with Gasteiger partial charge in [-0.25, -0.2) is 8.42 Å². The zero-order valence-electron chi connectivity index (χ0n) is 9.89. The van der Waals surface area contributed by atoms with Gasteiger partial charge in [0.2, 0.25) is 0 Å². The standard InChI is InChI=1S/C11H14F3NO3S/c12-11(13,14)8-2-1-3-10(6-8)19(17,18)7-9(15)4-5-16/h1-3,6,9,16H,4-5,7,15H2. The highest BCUT2D eigenvalue weighted by Crippen LogP contribution is 2.30. The average Bonchev–Trinajstić information content (AvgIpc) is 2.27. The second-order valence-electron chi connectivity index (χ2n) is 4.08. The molecule has 0 saturated heterocycles. The summed E-state index contributed by atoms with van der Waals surface area (Å²) < 4.78 is 61.2. The number of halogens is 3. The molecule has 3 N–H and O–H groups in total. The largest absolute Gasteiger partial charge is 0.416 e. The Morgan fingerprint density at radius 3 is 2.47 bits per heavy atom. The quantitative estimate of drug-likeness (QED) is 0.855. The first kappa shape index (κ1) is 15.9. The third-order valence-electron chi connectivity index (χ3n) is 2.45. The SMILES string of the molecule is NC(CCO)CS(=O)(=O)c1cccc(C(F)(F)F)c1. The minimum absolute atomic E-state index is 0.0677. The van der Waals surface area contributed by atoms with Gasteiger partial charge in [0.1, 0.15) is 0 Å². The molecule has 0 spiro atoms. The molecule has 1 aromatic carbocycles. The van der Waals surface area contributed by atoms with E-state index in [0.717, 1.165) is 18.2 Å². The van der Waals surface area contributed by atoms with Gasteiger partial charge < -0.3 is 10.8 Å². The number of sulfone groups is 1. The third-order valence-corrected chi connectivity index (χ3v) is 4.29. The summed E-state index contributed by atoms with van der Waals surface area (Å²) in [6.07, 6.45) is -4.53. The maximum atomic E-state index is 12.5. The Kier molecular flexibility index (Phi) is 4.94. The fourth-order valence-electron chi connectivity index (χ4n) is 1.49. The summed E-state index contributed by atoms with van der Waals surface area (Å²) in [5.74, 6) is -0.505. The molecule has 0 aromatic heterocycles. The summed E-state index contributed by atoms with van der Waals surface area (Å²) >= 11 is 0. The first-order valence-corrected chi connectivity index (χ1v) is 7.08. The molecular formula is C11H14F3NO3S. The number of hydrogen-bond donors (Lipinski definition) is 2. The first-order chi connectivity index (χ1) is 8.66. The Bertz CT molecular complexity index is 528. The lowest BCUT2D eigenvalue weighted by molar-refractivity contribution is -0.137. The summed E-state index contributed by atoms with van der Waals surface area (Å²) in [5, 5.41) is 8.63. The summed E-state index contributed by atoms with van der Waals surface area (Å²) in [6, 6.07) is 2.70. The van der Waals surface area contributed by atoms with Crippen molar-refractivity contribution in [1.82, 2.24) is 0 Å². The Balaban J connectivity index is 3.02. The van der Waals surface area contributed by atoms with Gasteiger partial charge in [-0.05, 0) is 24.6 Å². The number of aliphatic hydroxyl groups excluding tert-OH is 1. The van der Waals surface area contributed by atoms with Crippen LogP contribution in [0.3, 0.4) is 0 Å². The molecule has 0 radical (unpaired) electrons. The molecule has 0 amide bonds. The van der Waals surface area contributed by atoms with Crippen LogP contribution in [0.4, 0.5) is 13.2 Å². The van der Waals surface area contributed by atoms with Crippen LogP contribution in [0.25, 0.3) is 0 Å². The molecule has 0 aliphatic carbocycles. The van der Waals surface area contributed by atoms with E-state index in [9.17, 15) is 21.6 Å². The van der Waals surface area contributed by atoms with Crippen molar-refractivity contribution in [2.45, 2.75) is 23.5 Å². The third kappa shape index (κ3) is 4.48. The summed E-state index contributed by atoms with van der Waals surface area (Å²) in [6.45, 7) is -0.278. The van der Waals surface area contributed by atoms with Crippen LogP contribution >= 0.6 is 0 Å². The molecule has 0 bridgehead atoms. The van der Waals surface area contributed by atoms with E-state index >= 15 is 0 Å². The monoisotopic (exact) mass is 297 g/mol. The van der Waals surface area contributed by atoms with E-state index < -0.39 is 38.3 Å². The van der Waals surface area contributed by atoms with Crippen LogP contribution in [0.15, 0.2) is 29.2 Å². The zero-order valence-corrected chi connectivity index (χ0v) is 10.7. The van der Waals surface area contributed by atoms with Crippen molar-refractivity contribution in [2.75, 3.05) is 12.4 Å². The minimum Gasteiger partial charge on any atom is -0.396 e. The maximum Gasteiger partial charge on any atom is 0.416 e. The molecular weight excluding hydrogens is 283 g/mol. The van der Waals surface area contributed by atoms with E-state index in [4.69, 9.17) is 10.8 Å². The second-order valence-corrected chi connectivity index (χ2v) is 6.11. The fourth-order valence-corrected chi connectivity index (χ4v) is 3.01. The van der Waals surface area contributed by atoms with Crippen molar-refractivity contribution in [3.8, 4) is 0 Å². The number of benzene rings is 1. The number of rotatable bonds is 5. The summed E-state index contributed by atoms with van der Waals surface area (Å²) in [5.41, 5.74) is 4.45.